The third-order valence-electron chi connectivity index (χ3n) is 3.34. The lowest BCUT2D eigenvalue weighted by atomic mass is 10.3. The highest BCUT2D eigenvalue weighted by molar-refractivity contribution is 7.94. The van der Waals surface area contributed by atoms with Gasteiger partial charge in [-0.1, -0.05) is 23.2 Å². The zero-order valence-electron chi connectivity index (χ0n) is 13.7. The first kappa shape index (κ1) is 20.0. The van der Waals surface area contributed by atoms with Crippen LogP contribution in [0.4, 0.5) is 11.4 Å². The van der Waals surface area contributed by atoms with Gasteiger partial charge in [-0.25, -0.2) is 8.42 Å². The van der Waals surface area contributed by atoms with Gasteiger partial charge in [0.05, 0.1) is 22.2 Å². The first-order valence-electron chi connectivity index (χ1n) is 7.30. The number of halogens is 2. The Bertz CT molecular complexity index is 1090. The second kappa shape index (κ2) is 8.07. The van der Waals surface area contributed by atoms with Crippen LogP contribution in [0, 0.1) is 0 Å². The van der Waals surface area contributed by atoms with Crippen LogP contribution in [0.15, 0.2) is 46.0 Å². The number of nitrogens with one attached hydrogen (secondary N) is 2. The standard InChI is InChI=1S/C16H12Cl2N2O4S3/c1-24-12-3-2-9(8-10(12)17)19-16(21)15-11(6-7-25-15)20-27(22,23)14-5-4-13(18)26-14/h2-8,20H,1H3,(H,19,21). The molecule has 0 atom stereocenters. The minimum Gasteiger partial charge on any atom is -0.495 e. The Morgan fingerprint density at radius 1 is 1.15 bits per heavy atom. The Morgan fingerprint density at radius 3 is 2.56 bits per heavy atom. The lowest BCUT2D eigenvalue weighted by Crippen LogP contribution is -2.16. The number of ether oxygens (including phenoxy) is 1. The maximum atomic E-state index is 12.6. The van der Waals surface area contributed by atoms with Crippen LogP contribution >= 0.6 is 45.9 Å². The highest BCUT2D eigenvalue weighted by atomic mass is 35.5. The summed E-state index contributed by atoms with van der Waals surface area (Å²) in [6.07, 6.45) is 0. The maximum absolute atomic E-state index is 12.6. The average molecular weight is 463 g/mol. The van der Waals surface area contributed by atoms with E-state index in [1.807, 2.05) is 0 Å². The lowest BCUT2D eigenvalue weighted by molar-refractivity contribution is 0.103. The van der Waals surface area contributed by atoms with Crippen molar-refractivity contribution in [2.24, 2.45) is 0 Å². The summed E-state index contributed by atoms with van der Waals surface area (Å²) >= 11 is 13.9. The molecule has 27 heavy (non-hydrogen) atoms. The number of benzene rings is 1. The van der Waals surface area contributed by atoms with Gasteiger partial charge in [-0.2, -0.15) is 0 Å². The number of hydrogen-bond donors (Lipinski definition) is 2. The van der Waals surface area contributed by atoms with Crippen molar-refractivity contribution in [3.8, 4) is 5.75 Å². The second-order valence-corrected chi connectivity index (χ2v) is 10.1. The fourth-order valence-electron chi connectivity index (χ4n) is 2.13. The summed E-state index contributed by atoms with van der Waals surface area (Å²) < 4.78 is 32.8. The van der Waals surface area contributed by atoms with Gasteiger partial charge in [-0.15, -0.1) is 22.7 Å². The number of anilines is 2. The summed E-state index contributed by atoms with van der Waals surface area (Å²) in [7, 11) is -2.34. The van der Waals surface area contributed by atoms with Crippen LogP contribution < -0.4 is 14.8 Å². The summed E-state index contributed by atoms with van der Waals surface area (Å²) in [4.78, 5) is 12.8. The highest BCUT2D eigenvalue weighted by Gasteiger charge is 2.21. The molecule has 1 aromatic carbocycles. The summed E-state index contributed by atoms with van der Waals surface area (Å²) in [5, 5.41) is 4.65. The van der Waals surface area contributed by atoms with Crippen LogP contribution in [0.25, 0.3) is 0 Å². The fourth-order valence-corrected chi connectivity index (χ4v) is 5.76. The molecule has 142 valence electrons. The first-order valence-corrected chi connectivity index (χ1v) is 11.2. The molecule has 3 aromatic rings. The second-order valence-electron chi connectivity index (χ2n) is 5.13. The molecule has 0 fully saturated rings. The van der Waals surface area contributed by atoms with E-state index in [9.17, 15) is 13.2 Å². The monoisotopic (exact) mass is 462 g/mol. The molecule has 0 aliphatic carbocycles. The van der Waals surface area contributed by atoms with Crippen molar-refractivity contribution < 1.29 is 17.9 Å². The van der Waals surface area contributed by atoms with Gasteiger partial charge in [0.25, 0.3) is 15.9 Å². The van der Waals surface area contributed by atoms with E-state index in [1.54, 1.807) is 23.6 Å². The predicted molar refractivity (Wildman–Crippen MR) is 110 cm³/mol. The van der Waals surface area contributed by atoms with E-state index in [4.69, 9.17) is 27.9 Å². The van der Waals surface area contributed by atoms with E-state index in [2.05, 4.69) is 10.0 Å². The zero-order chi connectivity index (χ0) is 19.6. The molecule has 0 unspecified atom stereocenters. The lowest BCUT2D eigenvalue weighted by Gasteiger charge is -2.09. The number of hydrogen-bond acceptors (Lipinski definition) is 6. The molecule has 0 radical (unpaired) electrons. The molecule has 2 heterocycles. The number of carbonyl (C=O) groups excluding carboxylic acids is 1. The number of amides is 1. The van der Waals surface area contributed by atoms with E-state index in [0.717, 1.165) is 22.7 Å². The van der Waals surface area contributed by atoms with Crippen molar-refractivity contribution in [3.05, 3.63) is 56.0 Å². The van der Waals surface area contributed by atoms with Gasteiger partial charge in [0.2, 0.25) is 0 Å². The van der Waals surface area contributed by atoms with Gasteiger partial charge in [0, 0.05) is 5.69 Å². The van der Waals surface area contributed by atoms with Crippen molar-refractivity contribution >= 4 is 73.2 Å². The fraction of sp³-hybridized carbons (Fsp3) is 0.0625. The van der Waals surface area contributed by atoms with Crippen LogP contribution in [0.1, 0.15) is 9.67 Å². The molecule has 0 spiro atoms. The number of rotatable bonds is 6. The molecule has 1 amide bonds. The summed E-state index contributed by atoms with van der Waals surface area (Å²) in [5.41, 5.74) is 0.639. The Kier molecular flexibility index (Phi) is 5.97. The van der Waals surface area contributed by atoms with E-state index < -0.39 is 15.9 Å². The van der Waals surface area contributed by atoms with Gasteiger partial charge in [-0.3, -0.25) is 9.52 Å². The summed E-state index contributed by atoms with van der Waals surface area (Å²) in [6.45, 7) is 0. The van der Waals surface area contributed by atoms with Crippen molar-refractivity contribution in [2.45, 2.75) is 4.21 Å². The molecular formula is C16H12Cl2N2O4S3. The molecule has 0 aliphatic heterocycles. The topological polar surface area (TPSA) is 84.5 Å². The minimum absolute atomic E-state index is 0.0620. The van der Waals surface area contributed by atoms with Gasteiger partial charge in [0.1, 0.15) is 14.8 Å². The number of methoxy groups -OCH3 is 1. The van der Waals surface area contributed by atoms with E-state index in [0.29, 0.717) is 20.8 Å². The van der Waals surface area contributed by atoms with E-state index in [1.165, 1.54) is 25.3 Å². The van der Waals surface area contributed by atoms with Gasteiger partial charge in [-0.05, 0) is 41.8 Å². The Balaban J connectivity index is 1.80. The Labute approximate surface area is 173 Å². The Hall–Kier alpha value is -1.78. The van der Waals surface area contributed by atoms with Gasteiger partial charge in [0.15, 0.2) is 0 Å². The van der Waals surface area contributed by atoms with Crippen LogP contribution in [0.3, 0.4) is 0 Å². The van der Waals surface area contributed by atoms with Gasteiger partial charge >= 0.3 is 0 Å². The van der Waals surface area contributed by atoms with Crippen LogP contribution in [-0.2, 0) is 10.0 Å². The van der Waals surface area contributed by atoms with Crippen LogP contribution in [0.5, 0.6) is 5.75 Å². The van der Waals surface area contributed by atoms with Crippen LogP contribution in [0.2, 0.25) is 9.36 Å². The molecular weight excluding hydrogens is 451 g/mol. The molecule has 0 aliphatic rings. The summed E-state index contributed by atoms with van der Waals surface area (Å²) in [6, 6.07) is 9.22. The highest BCUT2D eigenvalue weighted by Crippen LogP contribution is 2.31. The van der Waals surface area contributed by atoms with Crippen molar-refractivity contribution in [1.82, 2.24) is 0 Å². The third kappa shape index (κ3) is 4.56. The first-order chi connectivity index (χ1) is 12.8. The molecule has 0 saturated heterocycles. The third-order valence-corrected chi connectivity index (χ3v) is 7.64. The van der Waals surface area contributed by atoms with Crippen LogP contribution in [-0.4, -0.2) is 21.4 Å². The van der Waals surface area contributed by atoms with Crippen molar-refractivity contribution in [2.75, 3.05) is 17.1 Å². The normalized spacial score (nSPS) is 11.2. The Morgan fingerprint density at radius 2 is 1.93 bits per heavy atom. The zero-order valence-corrected chi connectivity index (χ0v) is 17.6. The maximum Gasteiger partial charge on any atom is 0.271 e. The molecule has 3 rings (SSSR count). The van der Waals surface area contributed by atoms with Crippen molar-refractivity contribution in [1.29, 1.82) is 0 Å². The SMILES string of the molecule is COc1ccc(NC(=O)c2sccc2NS(=O)(=O)c2ccc(Cl)s2)cc1Cl. The molecule has 2 N–H and O–H groups in total. The molecule has 6 nitrogen and oxygen atoms in total. The molecule has 0 bridgehead atoms. The van der Waals surface area contributed by atoms with Gasteiger partial charge < -0.3 is 10.1 Å². The summed E-state index contributed by atoms with van der Waals surface area (Å²) in [5.74, 6) is 0.0157. The molecule has 2 aromatic heterocycles. The van der Waals surface area contributed by atoms with Crippen molar-refractivity contribution in [3.63, 3.8) is 0 Å². The minimum atomic E-state index is -3.83. The number of carbonyl (C=O) groups is 1. The number of sulfonamides is 1. The number of thiophene rings is 2. The van der Waals surface area contributed by atoms with E-state index in [-0.39, 0.29) is 14.8 Å². The smallest absolute Gasteiger partial charge is 0.271 e. The average Bonchev–Trinajstić information content (AvgIpc) is 3.24. The van der Waals surface area contributed by atoms with E-state index >= 15 is 0 Å². The predicted octanol–water partition coefficient (Wildman–Crippen LogP) is 5.18. The largest absolute Gasteiger partial charge is 0.495 e. The molecule has 0 saturated carbocycles. The quantitative estimate of drug-likeness (QED) is 0.528. The molecule has 11 heteroatoms.